The maximum atomic E-state index is 5.84. The van der Waals surface area contributed by atoms with Crippen LogP contribution in [-0.2, 0) is 6.42 Å². The van der Waals surface area contributed by atoms with Gasteiger partial charge in [0, 0.05) is 23.9 Å². The summed E-state index contributed by atoms with van der Waals surface area (Å²) in [6.45, 7) is 4.89. The minimum Gasteiger partial charge on any atom is -0.370 e. The fourth-order valence-corrected chi connectivity index (χ4v) is 2.25. The first-order chi connectivity index (χ1) is 7.61. The van der Waals surface area contributed by atoms with Crippen molar-refractivity contribution in [3.8, 4) is 0 Å². The van der Waals surface area contributed by atoms with E-state index in [2.05, 4.69) is 24.2 Å². The first-order valence-corrected chi connectivity index (χ1v) is 6.62. The second-order valence-electron chi connectivity index (χ2n) is 3.68. The van der Waals surface area contributed by atoms with Gasteiger partial charge in [-0.15, -0.1) is 11.3 Å². The molecule has 0 saturated heterocycles. The van der Waals surface area contributed by atoms with Crippen molar-refractivity contribution in [1.29, 1.82) is 0 Å². The van der Waals surface area contributed by atoms with Gasteiger partial charge in [-0.3, -0.25) is 4.99 Å². The number of nitrogens with two attached hydrogens (primary N) is 1. The first-order valence-electron chi connectivity index (χ1n) is 5.42. The summed E-state index contributed by atoms with van der Waals surface area (Å²) in [4.78, 5) is 5.50. The summed E-state index contributed by atoms with van der Waals surface area (Å²) in [5.41, 5.74) is 5.74. The van der Waals surface area contributed by atoms with E-state index in [1.54, 1.807) is 11.3 Å². The average Bonchev–Trinajstić information content (AvgIpc) is 2.64. The van der Waals surface area contributed by atoms with Crippen LogP contribution in [0.2, 0.25) is 4.34 Å². The molecule has 16 heavy (non-hydrogen) atoms. The van der Waals surface area contributed by atoms with E-state index in [9.17, 15) is 0 Å². The molecular weight excluding hydrogens is 242 g/mol. The normalized spacial score (nSPS) is 13.8. The maximum absolute atomic E-state index is 5.84. The Balaban J connectivity index is 2.30. The Bertz CT molecular complexity index is 349. The number of guanidine groups is 1. The summed E-state index contributed by atoms with van der Waals surface area (Å²) in [7, 11) is 0. The number of hydrogen-bond donors (Lipinski definition) is 2. The molecule has 1 rings (SSSR count). The summed E-state index contributed by atoms with van der Waals surface area (Å²) in [5, 5.41) is 3.13. The van der Waals surface area contributed by atoms with Crippen LogP contribution in [0.4, 0.5) is 0 Å². The Morgan fingerprint density at radius 1 is 1.62 bits per heavy atom. The van der Waals surface area contributed by atoms with Crippen LogP contribution in [-0.4, -0.2) is 18.5 Å². The Morgan fingerprint density at radius 3 is 2.94 bits per heavy atom. The van der Waals surface area contributed by atoms with Crippen LogP contribution in [0.5, 0.6) is 0 Å². The lowest BCUT2D eigenvalue weighted by molar-refractivity contribution is 0.636. The van der Waals surface area contributed by atoms with Crippen molar-refractivity contribution in [2.45, 2.75) is 32.7 Å². The molecule has 5 heteroatoms. The summed E-state index contributed by atoms with van der Waals surface area (Å²) in [6, 6.07) is 4.31. The molecule has 0 bridgehead atoms. The molecule has 1 heterocycles. The van der Waals surface area contributed by atoms with E-state index < -0.39 is 0 Å². The molecule has 0 aliphatic heterocycles. The minimum absolute atomic E-state index is 0.375. The van der Waals surface area contributed by atoms with E-state index in [1.807, 2.05) is 12.1 Å². The Kier molecular flexibility index (Phi) is 5.63. The lowest BCUT2D eigenvalue weighted by Gasteiger charge is -2.11. The lowest BCUT2D eigenvalue weighted by atomic mass is 10.3. The summed E-state index contributed by atoms with van der Waals surface area (Å²) in [6.07, 6.45) is 1.93. The summed E-state index contributed by atoms with van der Waals surface area (Å²) in [5.74, 6) is 0.525. The molecule has 0 spiro atoms. The molecule has 1 unspecified atom stereocenters. The Morgan fingerprint density at radius 2 is 2.38 bits per heavy atom. The molecule has 3 nitrogen and oxygen atoms in total. The van der Waals surface area contributed by atoms with Crippen LogP contribution in [0, 0.1) is 0 Å². The zero-order valence-electron chi connectivity index (χ0n) is 9.66. The third-order valence-electron chi connectivity index (χ3n) is 2.28. The lowest BCUT2D eigenvalue weighted by Crippen LogP contribution is -2.38. The monoisotopic (exact) mass is 259 g/mol. The van der Waals surface area contributed by atoms with Crippen LogP contribution in [0.1, 0.15) is 25.1 Å². The number of nitrogens with zero attached hydrogens (tertiary/aromatic N) is 1. The van der Waals surface area contributed by atoms with Crippen molar-refractivity contribution in [2.24, 2.45) is 10.7 Å². The predicted molar refractivity (Wildman–Crippen MR) is 72.4 cm³/mol. The van der Waals surface area contributed by atoms with Crippen LogP contribution in [0.25, 0.3) is 0 Å². The first kappa shape index (κ1) is 13.3. The Hall–Kier alpha value is -0.740. The van der Waals surface area contributed by atoms with Crippen LogP contribution in [0.3, 0.4) is 0 Å². The number of rotatable bonds is 5. The molecule has 1 aromatic rings. The van der Waals surface area contributed by atoms with E-state index in [0.717, 1.165) is 17.2 Å². The molecule has 0 aliphatic carbocycles. The molecule has 90 valence electrons. The topological polar surface area (TPSA) is 50.4 Å². The van der Waals surface area contributed by atoms with Gasteiger partial charge in [-0.1, -0.05) is 18.5 Å². The highest BCUT2D eigenvalue weighted by Crippen LogP contribution is 2.21. The van der Waals surface area contributed by atoms with Gasteiger partial charge in [-0.05, 0) is 25.5 Å². The highest BCUT2D eigenvalue weighted by atomic mass is 35.5. The molecule has 0 aliphatic rings. The van der Waals surface area contributed by atoms with E-state index in [1.165, 1.54) is 4.88 Å². The third-order valence-corrected chi connectivity index (χ3v) is 3.57. The molecule has 0 radical (unpaired) electrons. The minimum atomic E-state index is 0.375. The molecular formula is C11H18ClN3S. The van der Waals surface area contributed by atoms with Crippen molar-refractivity contribution in [3.05, 3.63) is 21.3 Å². The Labute approximate surface area is 106 Å². The number of thiophene rings is 1. The molecule has 1 aromatic heterocycles. The van der Waals surface area contributed by atoms with Gasteiger partial charge in [0.05, 0.1) is 4.34 Å². The molecule has 1 atom stereocenters. The highest BCUT2D eigenvalue weighted by molar-refractivity contribution is 7.16. The fourth-order valence-electron chi connectivity index (χ4n) is 1.17. The van der Waals surface area contributed by atoms with Gasteiger partial charge in [-0.2, -0.15) is 0 Å². The van der Waals surface area contributed by atoms with Gasteiger partial charge in [0.25, 0.3) is 0 Å². The molecule has 0 saturated carbocycles. The van der Waals surface area contributed by atoms with E-state index >= 15 is 0 Å². The number of hydrogen-bond acceptors (Lipinski definition) is 2. The average molecular weight is 260 g/mol. The second-order valence-corrected chi connectivity index (χ2v) is 5.48. The van der Waals surface area contributed by atoms with Crippen molar-refractivity contribution >= 4 is 28.9 Å². The number of aliphatic imine (C=N–C) groups is 1. The van der Waals surface area contributed by atoms with Crippen LogP contribution >= 0.6 is 22.9 Å². The molecule has 0 aromatic carbocycles. The van der Waals surface area contributed by atoms with Crippen molar-refractivity contribution < 1.29 is 0 Å². The summed E-state index contributed by atoms with van der Waals surface area (Å²) < 4.78 is 0.824. The largest absolute Gasteiger partial charge is 0.370 e. The van der Waals surface area contributed by atoms with E-state index in [0.29, 0.717) is 18.5 Å². The summed E-state index contributed by atoms with van der Waals surface area (Å²) >= 11 is 7.43. The SMILES string of the molecule is CCC(C)NC(N)=NCCc1ccc(Cl)s1. The van der Waals surface area contributed by atoms with Crippen molar-refractivity contribution in [1.82, 2.24) is 5.32 Å². The van der Waals surface area contributed by atoms with Gasteiger partial charge < -0.3 is 11.1 Å². The van der Waals surface area contributed by atoms with Crippen molar-refractivity contribution in [3.63, 3.8) is 0 Å². The third kappa shape index (κ3) is 4.86. The van der Waals surface area contributed by atoms with Gasteiger partial charge >= 0.3 is 0 Å². The predicted octanol–water partition coefficient (Wildman–Crippen LogP) is 2.65. The van der Waals surface area contributed by atoms with Gasteiger partial charge in [0.2, 0.25) is 0 Å². The number of nitrogens with one attached hydrogen (secondary N) is 1. The number of halogens is 1. The van der Waals surface area contributed by atoms with Gasteiger partial charge in [0.15, 0.2) is 5.96 Å². The van der Waals surface area contributed by atoms with Crippen LogP contribution in [0.15, 0.2) is 17.1 Å². The molecule has 3 N–H and O–H groups in total. The second kappa shape index (κ2) is 6.76. The fraction of sp³-hybridized carbons (Fsp3) is 0.545. The molecule has 0 amide bonds. The van der Waals surface area contributed by atoms with Gasteiger partial charge in [-0.25, -0.2) is 0 Å². The smallest absolute Gasteiger partial charge is 0.188 e. The van der Waals surface area contributed by atoms with E-state index in [4.69, 9.17) is 17.3 Å². The van der Waals surface area contributed by atoms with Crippen LogP contribution < -0.4 is 11.1 Å². The zero-order valence-corrected chi connectivity index (χ0v) is 11.2. The molecule has 0 fully saturated rings. The van der Waals surface area contributed by atoms with Gasteiger partial charge in [0.1, 0.15) is 0 Å². The van der Waals surface area contributed by atoms with Crippen molar-refractivity contribution in [2.75, 3.05) is 6.54 Å². The van der Waals surface area contributed by atoms with E-state index in [-0.39, 0.29) is 0 Å². The standard InChI is InChI=1S/C11H18ClN3S/c1-3-8(2)15-11(13)14-7-6-9-4-5-10(12)16-9/h4-5,8H,3,6-7H2,1-2H3,(H3,13,14,15). The quantitative estimate of drug-likeness (QED) is 0.631. The zero-order chi connectivity index (χ0) is 12.0. The maximum Gasteiger partial charge on any atom is 0.188 e. The highest BCUT2D eigenvalue weighted by Gasteiger charge is 2.00.